The van der Waals surface area contributed by atoms with Crippen molar-refractivity contribution in [2.24, 2.45) is 0 Å². The number of hydrogen-bond donors (Lipinski definition) is 0. The molecule has 55 heavy (non-hydrogen) atoms. The molecule has 0 aliphatic heterocycles. The normalized spacial score (nSPS) is 11.6. The number of nitrogens with zero attached hydrogens (tertiary/aromatic N) is 5. The van der Waals surface area contributed by atoms with Crippen LogP contribution in [0.4, 0.5) is 0 Å². The Labute approximate surface area is 316 Å². The number of nitriles is 2. The van der Waals surface area contributed by atoms with Gasteiger partial charge in [-0.05, 0) is 78.4 Å². The first-order valence-electron chi connectivity index (χ1n) is 18.3. The molecule has 0 fully saturated rings. The van der Waals surface area contributed by atoms with Crippen LogP contribution in [0.15, 0.2) is 176 Å². The SMILES string of the molecule is N#Cc1ccc2c(c1)c1ccccc1n2-c1ccc2c3ccccc3n(-c3ccc(-c4ccccc4-n4c5ccccc5c5ccccc54)cc3C#N)c2c1. The monoisotopic (exact) mass is 699 g/mol. The molecule has 0 unspecified atom stereocenters. The molecule has 3 heterocycles. The maximum Gasteiger partial charge on any atom is 0.101 e. The zero-order chi connectivity index (χ0) is 36.6. The van der Waals surface area contributed by atoms with Crippen LogP contribution in [-0.2, 0) is 0 Å². The van der Waals surface area contributed by atoms with Gasteiger partial charge in [0.15, 0.2) is 0 Å². The van der Waals surface area contributed by atoms with Crippen molar-refractivity contribution in [1.29, 1.82) is 10.5 Å². The summed E-state index contributed by atoms with van der Waals surface area (Å²) < 4.78 is 6.84. The molecule has 0 spiro atoms. The number of rotatable bonds is 4. The lowest BCUT2D eigenvalue weighted by Gasteiger charge is -2.16. The van der Waals surface area contributed by atoms with Crippen LogP contribution < -0.4 is 0 Å². The molecular weight excluding hydrogens is 671 g/mol. The first-order chi connectivity index (χ1) is 27.2. The highest BCUT2D eigenvalue weighted by atomic mass is 15.0. The predicted octanol–water partition coefficient (Wildman–Crippen LogP) is 12.4. The van der Waals surface area contributed by atoms with Crippen molar-refractivity contribution in [2.75, 3.05) is 0 Å². The summed E-state index contributed by atoms with van der Waals surface area (Å²) >= 11 is 0. The Bertz CT molecular complexity index is 3420. The van der Waals surface area contributed by atoms with Crippen LogP contribution in [0.1, 0.15) is 11.1 Å². The fraction of sp³-hybridized carbons (Fsp3) is 0. The maximum atomic E-state index is 10.9. The van der Waals surface area contributed by atoms with Crippen molar-refractivity contribution in [3.05, 3.63) is 187 Å². The summed E-state index contributed by atoms with van der Waals surface area (Å²) in [5.41, 5.74) is 12.6. The van der Waals surface area contributed by atoms with Gasteiger partial charge in [-0.1, -0.05) is 103 Å². The number of para-hydroxylation sites is 5. The van der Waals surface area contributed by atoms with E-state index in [0.29, 0.717) is 11.1 Å². The summed E-state index contributed by atoms with van der Waals surface area (Å²) in [6, 6.07) is 65.9. The van der Waals surface area contributed by atoms with E-state index in [9.17, 15) is 10.5 Å². The second kappa shape index (κ2) is 11.8. The number of aromatic nitrogens is 3. The van der Waals surface area contributed by atoms with Crippen LogP contribution in [0, 0.1) is 22.7 Å². The quantitative estimate of drug-likeness (QED) is 0.184. The molecular formula is C50H29N5. The molecule has 0 bridgehead atoms. The molecule has 0 atom stereocenters. The lowest BCUT2D eigenvalue weighted by molar-refractivity contribution is 1.15. The van der Waals surface area contributed by atoms with Crippen molar-refractivity contribution < 1.29 is 0 Å². The van der Waals surface area contributed by atoms with Crippen LogP contribution in [0.25, 0.3) is 93.6 Å². The van der Waals surface area contributed by atoms with E-state index >= 15 is 0 Å². The topological polar surface area (TPSA) is 62.4 Å². The van der Waals surface area contributed by atoms with Gasteiger partial charge >= 0.3 is 0 Å². The fourth-order valence-electron chi connectivity index (χ4n) is 8.76. The average Bonchev–Trinajstić information content (AvgIpc) is 3.88. The highest BCUT2D eigenvalue weighted by Gasteiger charge is 2.20. The first kappa shape index (κ1) is 30.7. The molecule has 3 aromatic heterocycles. The standard InChI is InChI=1S/C50H29N5/c51-30-32-21-25-49-42(27-32)40-15-5-7-17-45(40)53(49)35-23-24-41-39-14-4-8-18-46(39)54(50(41)29-35)43-26-22-33(28-34(43)31-52)36-11-1-6-16-44(36)55-47-19-9-2-12-37(47)38-13-3-10-20-48(38)55/h1-29H. The number of fused-ring (bicyclic) bond motifs is 9. The van der Waals surface area contributed by atoms with E-state index in [1.807, 2.05) is 30.3 Å². The Morgan fingerprint density at radius 3 is 1.51 bits per heavy atom. The van der Waals surface area contributed by atoms with E-state index in [4.69, 9.17) is 0 Å². The molecule has 8 aromatic carbocycles. The highest BCUT2D eigenvalue weighted by molar-refractivity contribution is 6.13. The fourth-order valence-corrected chi connectivity index (χ4v) is 8.76. The van der Waals surface area contributed by atoms with Crippen molar-refractivity contribution in [3.63, 3.8) is 0 Å². The average molecular weight is 700 g/mol. The summed E-state index contributed by atoms with van der Waals surface area (Å²) in [6.45, 7) is 0. The van der Waals surface area contributed by atoms with Crippen LogP contribution in [0.5, 0.6) is 0 Å². The molecule has 0 aliphatic rings. The van der Waals surface area contributed by atoms with Crippen molar-refractivity contribution >= 4 is 65.4 Å². The van der Waals surface area contributed by atoms with Gasteiger partial charge in [0.25, 0.3) is 0 Å². The summed E-state index contributed by atoms with van der Waals surface area (Å²) in [5, 5.41) is 27.3. The van der Waals surface area contributed by atoms with Gasteiger partial charge in [0, 0.05) is 43.6 Å². The first-order valence-corrected chi connectivity index (χ1v) is 18.3. The molecule has 5 nitrogen and oxygen atoms in total. The predicted molar refractivity (Wildman–Crippen MR) is 224 cm³/mol. The van der Waals surface area contributed by atoms with E-state index in [1.165, 1.54) is 10.8 Å². The minimum atomic E-state index is 0.587. The second-order valence-corrected chi connectivity index (χ2v) is 14.0. The Morgan fingerprint density at radius 2 is 0.873 bits per heavy atom. The van der Waals surface area contributed by atoms with Crippen LogP contribution in [0.2, 0.25) is 0 Å². The zero-order valence-corrected chi connectivity index (χ0v) is 29.5. The lowest BCUT2D eigenvalue weighted by Crippen LogP contribution is -2.01. The van der Waals surface area contributed by atoms with Crippen molar-refractivity contribution in [1.82, 2.24) is 13.7 Å². The van der Waals surface area contributed by atoms with Gasteiger partial charge in [0.1, 0.15) is 6.07 Å². The Balaban J connectivity index is 1.13. The molecule has 0 aliphatic carbocycles. The van der Waals surface area contributed by atoms with E-state index in [2.05, 4.69) is 171 Å². The summed E-state index contributed by atoms with van der Waals surface area (Å²) in [6.07, 6.45) is 0. The van der Waals surface area contributed by atoms with E-state index in [0.717, 1.165) is 82.8 Å². The zero-order valence-electron chi connectivity index (χ0n) is 29.5. The van der Waals surface area contributed by atoms with Gasteiger partial charge in [-0.25, -0.2) is 0 Å². The molecule has 0 saturated heterocycles. The van der Waals surface area contributed by atoms with Gasteiger partial charge in [0.05, 0.1) is 61.7 Å². The third kappa shape index (κ3) is 4.45. The molecule has 11 aromatic rings. The van der Waals surface area contributed by atoms with Crippen LogP contribution in [-0.4, -0.2) is 13.7 Å². The minimum Gasteiger partial charge on any atom is -0.309 e. The van der Waals surface area contributed by atoms with Gasteiger partial charge in [-0.2, -0.15) is 10.5 Å². The van der Waals surface area contributed by atoms with Crippen LogP contribution in [0.3, 0.4) is 0 Å². The maximum absolute atomic E-state index is 10.9. The van der Waals surface area contributed by atoms with Gasteiger partial charge in [0.2, 0.25) is 0 Å². The second-order valence-electron chi connectivity index (χ2n) is 14.0. The smallest absolute Gasteiger partial charge is 0.101 e. The van der Waals surface area contributed by atoms with E-state index < -0.39 is 0 Å². The van der Waals surface area contributed by atoms with Crippen molar-refractivity contribution in [2.45, 2.75) is 0 Å². The summed E-state index contributed by atoms with van der Waals surface area (Å²) in [7, 11) is 0. The number of hydrogen-bond acceptors (Lipinski definition) is 2. The van der Waals surface area contributed by atoms with Gasteiger partial charge in [-0.15, -0.1) is 0 Å². The molecule has 11 rings (SSSR count). The molecule has 5 heteroatoms. The molecule has 0 saturated carbocycles. The van der Waals surface area contributed by atoms with Gasteiger partial charge < -0.3 is 13.7 Å². The minimum absolute atomic E-state index is 0.587. The Morgan fingerprint density at radius 1 is 0.345 bits per heavy atom. The van der Waals surface area contributed by atoms with Gasteiger partial charge in [-0.3, -0.25) is 0 Å². The van der Waals surface area contributed by atoms with E-state index in [-0.39, 0.29) is 0 Å². The lowest BCUT2D eigenvalue weighted by atomic mass is 10.00. The molecule has 0 N–H and O–H groups in total. The Hall–Kier alpha value is -7.86. The molecule has 0 amide bonds. The molecule has 254 valence electrons. The van der Waals surface area contributed by atoms with Crippen molar-refractivity contribution in [3.8, 4) is 40.3 Å². The largest absolute Gasteiger partial charge is 0.309 e. The molecule has 0 radical (unpaired) electrons. The summed E-state index contributed by atoms with van der Waals surface area (Å²) in [5.74, 6) is 0. The van der Waals surface area contributed by atoms with Crippen LogP contribution >= 0.6 is 0 Å². The highest BCUT2D eigenvalue weighted by Crippen LogP contribution is 2.40. The summed E-state index contributed by atoms with van der Waals surface area (Å²) in [4.78, 5) is 0. The third-order valence-corrected chi connectivity index (χ3v) is 11.1. The number of benzene rings is 8. The van der Waals surface area contributed by atoms with E-state index in [1.54, 1.807) is 0 Å². The third-order valence-electron chi connectivity index (χ3n) is 11.1. The Kier molecular flexibility index (Phi) is 6.61.